The average Bonchev–Trinajstić information content (AvgIpc) is 2.42. The minimum atomic E-state index is -0.473. The number of hydrogen-bond donors (Lipinski definition) is 2. The summed E-state index contributed by atoms with van der Waals surface area (Å²) in [5.74, 6) is 0.919. The normalized spacial score (nSPS) is 19.8. The molecule has 0 bridgehead atoms. The van der Waals surface area contributed by atoms with E-state index >= 15 is 0 Å². The number of aliphatic hydroxyl groups excluding tert-OH is 1. The molecule has 112 valence electrons. The summed E-state index contributed by atoms with van der Waals surface area (Å²) in [4.78, 5) is 1.26. The van der Waals surface area contributed by atoms with Crippen LogP contribution >= 0.6 is 11.8 Å². The molecular weight excluding hydrogens is 270 g/mol. The van der Waals surface area contributed by atoms with E-state index in [2.05, 4.69) is 32.2 Å². The van der Waals surface area contributed by atoms with E-state index in [9.17, 15) is 5.11 Å². The molecule has 1 aliphatic rings. The van der Waals surface area contributed by atoms with Gasteiger partial charge in [-0.05, 0) is 24.5 Å². The zero-order valence-electron chi connectivity index (χ0n) is 12.6. The molecule has 0 spiro atoms. The van der Waals surface area contributed by atoms with Crippen molar-refractivity contribution in [2.75, 3.05) is 13.2 Å². The highest BCUT2D eigenvalue weighted by Crippen LogP contribution is 2.41. The summed E-state index contributed by atoms with van der Waals surface area (Å²) in [6.07, 6.45) is 1.87. The van der Waals surface area contributed by atoms with Gasteiger partial charge in [-0.3, -0.25) is 0 Å². The lowest BCUT2D eigenvalue weighted by Crippen LogP contribution is -2.35. The van der Waals surface area contributed by atoms with Crippen LogP contribution in [0.5, 0.6) is 5.75 Å². The molecule has 0 amide bonds. The van der Waals surface area contributed by atoms with E-state index in [1.807, 2.05) is 23.9 Å². The second kappa shape index (κ2) is 7.34. The number of rotatable bonds is 6. The molecule has 0 saturated carbocycles. The van der Waals surface area contributed by atoms with Crippen molar-refractivity contribution >= 4 is 11.8 Å². The Labute approximate surface area is 126 Å². The average molecular weight is 295 g/mol. The first-order valence-electron chi connectivity index (χ1n) is 7.39. The van der Waals surface area contributed by atoms with Crippen molar-refractivity contribution < 1.29 is 9.84 Å². The van der Waals surface area contributed by atoms with Gasteiger partial charge in [-0.25, -0.2) is 0 Å². The molecule has 1 aromatic rings. The van der Waals surface area contributed by atoms with E-state index in [1.54, 1.807) is 0 Å². The predicted octanol–water partition coefficient (Wildman–Crippen LogP) is 2.85. The minimum absolute atomic E-state index is 0.338. The van der Waals surface area contributed by atoms with E-state index in [1.165, 1.54) is 16.9 Å². The first kappa shape index (κ1) is 15.7. The summed E-state index contributed by atoms with van der Waals surface area (Å²) in [5.41, 5.74) is 1.38. The summed E-state index contributed by atoms with van der Waals surface area (Å²) in [5, 5.41) is 13.8. The van der Waals surface area contributed by atoms with E-state index in [0.29, 0.717) is 24.4 Å². The lowest BCUT2D eigenvalue weighted by atomic mass is 10.1. The zero-order valence-corrected chi connectivity index (χ0v) is 13.4. The summed E-state index contributed by atoms with van der Waals surface area (Å²) >= 11 is 1.89. The molecule has 3 nitrogen and oxygen atoms in total. The largest absolute Gasteiger partial charge is 0.490 e. The third-order valence-corrected chi connectivity index (χ3v) is 4.73. The number of ether oxygens (including phenoxy) is 1. The summed E-state index contributed by atoms with van der Waals surface area (Å²) in [6.45, 7) is 7.30. The van der Waals surface area contributed by atoms with Gasteiger partial charge in [-0.15, -0.1) is 11.8 Å². The number of thioether (sulfide) groups is 1. The molecule has 0 saturated heterocycles. The molecular formula is C16H25NO2S. The van der Waals surface area contributed by atoms with E-state index < -0.39 is 6.10 Å². The van der Waals surface area contributed by atoms with Gasteiger partial charge in [0, 0.05) is 17.8 Å². The lowest BCUT2D eigenvalue weighted by molar-refractivity contribution is 0.103. The monoisotopic (exact) mass is 295 g/mol. The van der Waals surface area contributed by atoms with Crippen molar-refractivity contribution in [3.8, 4) is 5.75 Å². The first-order valence-corrected chi connectivity index (χ1v) is 8.27. The summed E-state index contributed by atoms with van der Waals surface area (Å²) in [7, 11) is 0. The Kier molecular flexibility index (Phi) is 5.75. The van der Waals surface area contributed by atoms with Crippen LogP contribution in [0, 0.1) is 0 Å². The number of hydrogen-bond acceptors (Lipinski definition) is 4. The Bertz CT molecular complexity index is 436. The Hall–Kier alpha value is -0.710. The highest BCUT2D eigenvalue weighted by molar-refractivity contribution is 8.00. The van der Waals surface area contributed by atoms with Gasteiger partial charge in [0.2, 0.25) is 0 Å². The molecule has 1 aromatic carbocycles. The molecule has 0 aromatic heterocycles. The highest BCUT2D eigenvalue weighted by atomic mass is 32.2. The van der Waals surface area contributed by atoms with Gasteiger partial charge in [0.05, 0.1) is 4.90 Å². The van der Waals surface area contributed by atoms with Gasteiger partial charge in [-0.1, -0.05) is 32.9 Å². The van der Waals surface area contributed by atoms with Crippen LogP contribution in [-0.2, 0) is 6.42 Å². The van der Waals surface area contributed by atoms with Crippen LogP contribution in [0.3, 0.4) is 0 Å². The molecule has 0 radical (unpaired) electrons. The van der Waals surface area contributed by atoms with Crippen LogP contribution in [0.4, 0.5) is 0 Å². The fourth-order valence-electron chi connectivity index (χ4n) is 2.24. The first-order chi connectivity index (χ1) is 9.56. The van der Waals surface area contributed by atoms with Crippen molar-refractivity contribution in [3.63, 3.8) is 0 Å². The lowest BCUT2D eigenvalue weighted by Gasteiger charge is -2.24. The van der Waals surface area contributed by atoms with Crippen molar-refractivity contribution in [3.05, 3.63) is 23.8 Å². The van der Waals surface area contributed by atoms with Crippen LogP contribution in [0.25, 0.3) is 0 Å². The number of nitrogens with one attached hydrogen (secondary N) is 1. The zero-order chi connectivity index (χ0) is 14.5. The third-order valence-electron chi connectivity index (χ3n) is 3.39. The quantitative estimate of drug-likeness (QED) is 0.847. The van der Waals surface area contributed by atoms with Crippen LogP contribution in [0.2, 0.25) is 0 Å². The van der Waals surface area contributed by atoms with Gasteiger partial charge >= 0.3 is 0 Å². The second-order valence-corrected chi connectivity index (χ2v) is 7.19. The Balaban J connectivity index is 1.93. The number of fused-ring (bicyclic) bond motifs is 1. The Morgan fingerprint density at radius 2 is 2.25 bits per heavy atom. The Morgan fingerprint density at radius 1 is 1.45 bits per heavy atom. The smallest absolute Gasteiger partial charge is 0.133 e. The molecule has 2 rings (SSSR count). The van der Waals surface area contributed by atoms with Gasteiger partial charge in [0.25, 0.3) is 0 Å². The number of aryl methyl sites for hydroxylation is 1. The second-order valence-electron chi connectivity index (χ2n) is 5.74. The standard InChI is InChI=1S/C16H25NO2S/c1-11(2)17-9-14(18)10-19-15-6-4-5-13-8-7-12(3)20-16(13)15/h4-6,11-12,14,17-18H,7-10H2,1-3H3. The third kappa shape index (κ3) is 4.40. The molecule has 1 heterocycles. The molecule has 4 heteroatoms. The van der Waals surface area contributed by atoms with Crippen LogP contribution < -0.4 is 10.1 Å². The maximum atomic E-state index is 9.92. The minimum Gasteiger partial charge on any atom is -0.490 e. The fourth-order valence-corrected chi connectivity index (χ4v) is 3.44. The van der Waals surface area contributed by atoms with Crippen molar-refractivity contribution in [2.24, 2.45) is 0 Å². The van der Waals surface area contributed by atoms with Crippen molar-refractivity contribution in [1.82, 2.24) is 5.32 Å². The van der Waals surface area contributed by atoms with Crippen LogP contribution in [0.15, 0.2) is 23.1 Å². The van der Waals surface area contributed by atoms with E-state index in [-0.39, 0.29) is 0 Å². The summed E-state index contributed by atoms with van der Waals surface area (Å²) < 4.78 is 5.84. The molecule has 0 aliphatic carbocycles. The highest BCUT2D eigenvalue weighted by Gasteiger charge is 2.19. The molecule has 20 heavy (non-hydrogen) atoms. The molecule has 2 unspecified atom stereocenters. The molecule has 1 aliphatic heterocycles. The van der Waals surface area contributed by atoms with Gasteiger partial charge < -0.3 is 15.2 Å². The van der Waals surface area contributed by atoms with E-state index in [4.69, 9.17) is 4.74 Å². The summed E-state index contributed by atoms with van der Waals surface area (Å²) in [6, 6.07) is 6.61. The number of benzene rings is 1. The maximum Gasteiger partial charge on any atom is 0.133 e. The topological polar surface area (TPSA) is 41.5 Å². The molecule has 2 atom stereocenters. The van der Waals surface area contributed by atoms with Crippen molar-refractivity contribution in [1.29, 1.82) is 0 Å². The number of aliphatic hydroxyl groups is 1. The Morgan fingerprint density at radius 3 is 3.00 bits per heavy atom. The maximum absolute atomic E-state index is 9.92. The molecule has 0 fully saturated rings. The van der Waals surface area contributed by atoms with E-state index in [0.717, 1.165) is 12.2 Å². The fraction of sp³-hybridized carbons (Fsp3) is 0.625. The van der Waals surface area contributed by atoms with Crippen LogP contribution in [-0.4, -0.2) is 35.7 Å². The predicted molar refractivity (Wildman–Crippen MR) is 84.7 cm³/mol. The van der Waals surface area contributed by atoms with Gasteiger partial charge in [0.1, 0.15) is 18.5 Å². The molecule has 2 N–H and O–H groups in total. The van der Waals surface area contributed by atoms with Crippen LogP contribution in [0.1, 0.15) is 32.8 Å². The van der Waals surface area contributed by atoms with Crippen molar-refractivity contribution in [2.45, 2.75) is 55.9 Å². The SMILES string of the molecule is CC(C)NCC(O)COc1cccc2c1SC(C)CC2. The van der Waals surface area contributed by atoms with Gasteiger partial charge in [0.15, 0.2) is 0 Å². The van der Waals surface area contributed by atoms with Gasteiger partial charge in [-0.2, -0.15) is 0 Å².